The van der Waals surface area contributed by atoms with Crippen LogP contribution in [0, 0.1) is 0 Å². The van der Waals surface area contributed by atoms with Crippen molar-refractivity contribution in [3.05, 3.63) is 29.8 Å². The highest BCUT2D eigenvalue weighted by atomic mass is 32.2. The Balaban J connectivity index is 2.52. The summed E-state index contributed by atoms with van der Waals surface area (Å²) in [6, 6.07) is 5.21. The van der Waals surface area contributed by atoms with Crippen molar-refractivity contribution in [3.63, 3.8) is 0 Å². The van der Waals surface area contributed by atoms with Gasteiger partial charge in [-0.05, 0) is 19.1 Å². The van der Waals surface area contributed by atoms with Gasteiger partial charge in [-0.15, -0.1) is 0 Å². The predicted molar refractivity (Wildman–Crippen MR) is 68.5 cm³/mol. The second kappa shape index (κ2) is 7.01. The molecule has 1 N–H and O–H groups in total. The van der Waals surface area contributed by atoms with Gasteiger partial charge in [0.15, 0.2) is 5.78 Å². The Labute approximate surface area is 120 Å². The molecule has 1 aromatic carbocycles. The molecule has 0 unspecified atom stereocenters. The minimum atomic E-state index is -4.44. The molecule has 21 heavy (non-hydrogen) atoms. The first-order valence-electron chi connectivity index (χ1n) is 5.87. The Kier molecular flexibility index (Phi) is 5.87. The molecule has 0 aliphatic heterocycles. The maximum atomic E-state index is 11.8. The Morgan fingerprint density at radius 1 is 1.24 bits per heavy atom. The molecule has 0 radical (unpaired) electrons. The van der Waals surface area contributed by atoms with E-state index in [9.17, 15) is 26.4 Å². The van der Waals surface area contributed by atoms with E-state index in [0.29, 0.717) is 5.56 Å². The van der Waals surface area contributed by atoms with Crippen molar-refractivity contribution in [2.75, 3.05) is 19.8 Å². The average Bonchev–Trinajstić information content (AvgIpc) is 2.37. The molecule has 0 atom stereocenters. The number of ether oxygens (including phenoxy) is 1. The van der Waals surface area contributed by atoms with Crippen molar-refractivity contribution < 1.29 is 31.1 Å². The van der Waals surface area contributed by atoms with Gasteiger partial charge in [-0.2, -0.15) is 13.2 Å². The molecule has 0 aliphatic carbocycles. The summed E-state index contributed by atoms with van der Waals surface area (Å²) in [7, 11) is -3.84. The van der Waals surface area contributed by atoms with E-state index in [0.717, 1.165) is 0 Å². The first-order valence-corrected chi connectivity index (χ1v) is 7.35. The van der Waals surface area contributed by atoms with E-state index < -0.39 is 29.4 Å². The van der Waals surface area contributed by atoms with Gasteiger partial charge in [0.25, 0.3) is 0 Å². The summed E-state index contributed by atoms with van der Waals surface area (Å²) in [6.45, 7) is -0.765. The van der Waals surface area contributed by atoms with E-state index >= 15 is 0 Å². The summed E-state index contributed by atoms with van der Waals surface area (Å²) in [5.41, 5.74) is 0.363. The van der Waals surface area contributed by atoms with Crippen LogP contribution in [-0.2, 0) is 14.8 Å². The zero-order valence-electron chi connectivity index (χ0n) is 11.1. The van der Waals surface area contributed by atoms with Crippen LogP contribution in [0.15, 0.2) is 29.2 Å². The highest BCUT2D eigenvalue weighted by Crippen LogP contribution is 2.14. The van der Waals surface area contributed by atoms with E-state index in [1.807, 2.05) is 0 Å². The zero-order valence-corrected chi connectivity index (χ0v) is 11.9. The second-order valence-corrected chi connectivity index (χ2v) is 5.91. The number of carbonyl (C=O) groups is 1. The molecular formula is C12H14F3NO4S. The predicted octanol–water partition coefficient (Wildman–Crippen LogP) is 1.75. The third-order valence-electron chi connectivity index (χ3n) is 2.38. The third kappa shape index (κ3) is 6.23. The van der Waals surface area contributed by atoms with Crippen molar-refractivity contribution in [3.8, 4) is 0 Å². The van der Waals surface area contributed by atoms with Crippen molar-refractivity contribution in [2.45, 2.75) is 18.0 Å². The highest BCUT2D eigenvalue weighted by molar-refractivity contribution is 7.89. The molecule has 0 saturated carbocycles. The van der Waals surface area contributed by atoms with Gasteiger partial charge in [-0.25, -0.2) is 13.1 Å². The summed E-state index contributed by atoms with van der Waals surface area (Å²) in [5.74, 6) is -0.201. The van der Waals surface area contributed by atoms with Crippen LogP contribution in [0.2, 0.25) is 0 Å². The third-order valence-corrected chi connectivity index (χ3v) is 3.85. The van der Waals surface area contributed by atoms with Crippen LogP contribution in [-0.4, -0.2) is 40.1 Å². The number of carbonyl (C=O) groups excluding carboxylic acids is 1. The van der Waals surface area contributed by atoms with Crippen LogP contribution >= 0.6 is 0 Å². The fourth-order valence-corrected chi connectivity index (χ4v) is 2.40. The molecule has 1 aromatic rings. The molecule has 118 valence electrons. The van der Waals surface area contributed by atoms with Crippen molar-refractivity contribution in [2.24, 2.45) is 0 Å². The van der Waals surface area contributed by atoms with Crippen LogP contribution in [0.4, 0.5) is 13.2 Å². The van der Waals surface area contributed by atoms with Crippen LogP contribution in [0.1, 0.15) is 17.3 Å². The Bertz CT molecular complexity index is 582. The normalized spacial score (nSPS) is 12.4. The maximum absolute atomic E-state index is 11.8. The fraction of sp³-hybridized carbons (Fsp3) is 0.417. The Hall–Kier alpha value is -1.45. The number of alkyl halides is 3. The van der Waals surface area contributed by atoms with Gasteiger partial charge in [-0.3, -0.25) is 4.79 Å². The lowest BCUT2D eigenvalue weighted by atomic mass is 10.2. The summed E-state index contributed by atoms with van der Waals surface area (Å²) in [5, 5.41) is 0. The monoisotopic (exact) mass is 325 g/mol. The molecule has 0 amide bonds. The van der Waals surface area contributed by atoms with Crippen LogP contribution < -0.4 is 4.72 Å². The smallest absolute Gasteiger partial charge is 0.371 e. The van der Waals surface area contributed by atoms with E-state index in [-0.39, 0.29) is 17.2 Å². The van der Waals surface area contributed by atoms with Crippen molar-refractivity contribution in [1.82, 2.24) is 4.72 Å². The topological polar surface area (TPSA) is 72.5 Å². The first-order chi connectivity index (χ1) is 9.62. The number of nitrogens with one attached hydrogen (secondary N) is 1. The first kappa shape index (κ1) is 17.6. The molecule has 0 bridgehead atoms. The van der Waals surface area contributed by atoms with Crippen molar-refractivity contribution >= 4 is 15.8 Å². The number of benzene rings is 1. The lowest BCUT2D eigenvalue weighted by molar-refractivity contribution is -0.173. The number of sulfonamides is 1. The molecule has 5 nitrogen and oxygen atoms in total. The molecule has 0 fully saturated rings. The van der Waals surface area contributed by atoms with Gasteiger partial charge in [0, 0.05) is 12.1 Å². The minimum absolute atomic E-state index is 0.0803. The second-order valence-electron chi connectivity index (χ2n) is 4.15. The van der Waals surface area contributed by atoms with Gasteiger partial charge < -0.3 is 4.74 Å². The summed E-state index contributed by atoms with van der Waals surface area (Å²) >= 11 is 0. The number of hydrogen-bond acceptors (Lipinski definition) is 4. The number of Topliss-reactive ketones (excluding diaryl/α,β-unsaturated/α-hetero) is 1. The molecule has 0 spiro atoms. The molecule has 9 heteroatoms. The van der Waals surface area contributed by atoms with Gasteiger partial charge in [-0.1, -0.05) is 12.1 Å². The van der Waals surface area contributed by atoms with E-state index in [1.165, 1.54) is 31.2 Å². The van der Waals surface area contributed by atoms with E-state index in [4.69, 9.17) is 0 Å². The SMILES string of the molecule is CC(=O)c1ccc(S(=O)(=O)NCCOCC(F)(F)F)cc1. The average molecular weight is 325 g/mol. The number of halogens is 3. The van der Waals surface area contributed by atoms with Crippen LogP contribution in [0.25, 0.3) is 0 Å². The number of ketones is 1. The molecule has 0 heterocycles. The largest absolute Gasteiger partial charge is 0.411 e. The number of hydrogen-bond donors (Lipinski definition) is 1. The van der Waals surface area contributed by atoms with Crippen LogP contribution in [0.3, 0.4) is 0 Å². The Morgan fingerprint density at radius 2 is 1.81 bits per heavy atom. The van der Waals surface area contributed by atoms with Gasteiger partial charge in [0.1, 0.15) is 6.61 Å². The molecule has 1 rings (SSSR count). The van der Waals surface area contributed by atoms with E-state index in [2.05, 4.69) is 9.46 Å². The summed E-state index contributed by atoms with van der Waals surface area (Å²) < 4.78 is 65.4. The van der Waals surface area contributed by atoms with Gasteiger partial charge in [0.2, 0.25) is 10.0 Å². The van der Waals surface area contributed by atoms with Crippen LogP contribution in [0.5, 0.6) is 0 Å². The molecular weight excluding hydrogens is 311 g/mol. The van der Waals surface area contributed by atoms with Crippen molar-refractivity contribution in [1.29, 1.82) is 0 Å². The maximum Gasteiger partial charge on any atom is 0.411 e. The lowest BCUT2D eigenvalue weighted by Crippen LogP contribution is -2.29. The Morgan fingerprint density at radius 3 is 2.29 bits per heavy atom. The van der Waals surface area contributed by atoms with Gasteiger partial charge in [0.05, 0.1) is 11.5 Å². The summed E-state index contributed by atoms with van der Waals surface area (Å²) in [6.07, 6.45) is -4.44. The molecule has 0 saturated heterocycles. The minimum Gasteiger partial charge on any atom is -0.371 e. The number of rotatable bonds is 7. The van der Waals surface area contributed by atoms with Gasteiger partial charge >= 0.3 is 6.18 Å². The molecule has 0 aliphatic rings. The van der Waals surface area contributed by atoms with E-state index in [1.54, 1.807) is 0 Å². The highest BCUT2D eigenvalue weighted by Gasteiger charge is 2.27. The quantitative estimate of drug-likeness (QED) is 0.612. The molecule has 0 aromatic heterocycles. The fourth-order valence-electron chi connectivity index (χ4n) is 1.39. The summed E-state index contributed by atoms with van der Waals surface area (Å²) in [4.78, 5) is 11.0. The zero-order chi connectivity index (χ0) is 16.1. The lowest BCUT2D eigenvalue weighted by Gasteiger charge is -2.09. The standard InChI is InChI=1S/C12H14F3NO4S/c1-9(17)10-2-4-11(5-3-10)21(18,19)16-6-7-20-8-12(13,14)15/h2-5,16H,6-8H2,1H3.